The molecule has 2 N–H and O–H groups in total. The van der Waals surface area contributed by atoms with Crippen molar-refractivity contribution >= 4 is 10.1 Å². The lowest BCUT2D eigenvalue weighted by atomic mass is 10.1. The van der Waals surface area contributed by atoms with Gasteiger partial charge in [0.1, 0.15) is 0 Å². The highest BCUT2D eigenvalue weighted by Crippen LogP contribution is 2.10. The van der Waals surface area contributed by atoms with E-state index in [1.165, 1.54) is 44.9 Å². The van der Waals surface area contributed by atoms with Gasteiger partial charge in [0.05, 0.1) is 5.75 Å². The summed E-state index contributed by atoms with van der Waals surface area (Å²) < 4.78 is 29.6. The topological polar surface area (TPSA) is 66.4 Å². The molecule has 0 aliphatic carbocycles. The van der Waals surface area contributed by atoms with Crippen LogP contribution in [0.1, 0.15) is 78.1 Å². The Balaban J connectivity index is 3.06. The first-order chi connectivity index (χ1) is 9.42. The summed E-state index contributed by atoms with van der Waals surface area (Å²) in [5.74, 6) is -0.0859. The van der Waals surface area contributed by atoms with Crippen molar-refractivity contribution in [3.05, 3.63) is 0 Å². The maximum absolute atomic E-state index is 10.5. The van der Waals surface area contributed by atoms with Crippen molar-refractivity contribution in [1.82, 2.24) is 5.32 Å². The zero-order valence-electron chi connectivity index (χ0n) is 13.2. The van der Waals surface area contributed by atoms with Gasteiger partial charge in [0.2, 0.25) is 0 Å². The van der Waals surface area contributed by atoms with E-state index in [-0.39, 0.29) is 5.75 Å². The Hall–Kier alpha value is -0.130. The second kappa shape index (κ2) is 12.6. The molecule has 0 saturated heterocycles. The van der Waals surface area contributed by atoms with E-state index in [0.717, 1.165) is 19.4 Å². The van der Waals surface area contributed by atoms with E-state index in [0.29, 0.717) is 12.5 Å². The molecule has 0 atom stereocenters. The highest BCUT2D eigenvalue weighted by Gasteiger charge is 2.02. The van der Waals surface area contributed by atoms with E-state index in [1.807, 2.05) is 0 Å². The first kappa shape index (κ1) is 19.9. The molecule has 0 radical (unpaired) electrons. The number of hydrogen-bond acceptors (Lipinski definition) is 3. The summed E-state index contributed by atoms with van der Waals surface area (Å²) in [5, 5.41) is 3.43. The molecule has 0 aromatic rings. The van der Waals surface area contributed by atoms with Gasteiger partial charge >= 0.3 is 0 Å². The molecule has 0 aromatic carbocycles. The average Bonchev–Trinajstić information content (AvgIpc) is 2.33. The second-order valence-electron chi connectivity index (χ2n) is 5.93. The van der Waals surface area contributed by atoms with Crippen molar-refractivity contribution < 1.29 is 13.0 Å². The second-order valence-corrected chi connectivity index (χ2v) is 7.50. The van der Waals surface area contributed by atoms with Gasteiger partial charge in [0.15, 0.2) is 0 Å². The maximum Gasteiger partial charge on any atom is 0.264 e. The molecule has 0 aliphatic rings. The van der Waals surface area contributed by atoms with E-state index in [2.05, 4.69) is 19.2 Å². The van der Waals surface area contributed by atoms with Gasteiger partial charge in [-0.25, -0.2) is 0 Å². The van der Waals surface area contributed by atoms with Crippen LogP contribution in [0.15, 0.2) is 0 Å². The Morgan fingerprint density at radius 1 is 0.800 bits per heavy atom. The lowest BCUT2D eigenvalue weighted by molar-refractivity contribution is 0.478. The van der Waals surface area contributed by atoms with Crippen LogP contribution in [-0.2, 0) is 10.1 Å². The highest BCUT2D eigenvalue weighted by molar-refractivity contribution is 7.85. The van der Waals surface area contributed by atoms with Crippen LogP contribution in [-0.4, -0.2) is 31.3 Å². The molecule has 0 fully saturated rings. The average molecular weight is 307 g/mol. The van der Waals surface area contributed by atoms with Gasteiger partial charge in [0, 0.05) is 6.04 Å². The molecular weight excluding hydrogens is 274 g/mol. The van der Waals surface area contributed by atoms with Gasteiger partial charge in [-0.2, -0.15) is 8.42 Å². The Bertz CT molecular complexity index is 302. The molecule has 4 nitrogen and oxygen atoms in total. The Morgan fingerprint density at radius 3 is 1.60 bits per heavy atom. The fraction of sp³-hybridized carbons (Fsp3) is 1.00. The summed E-state index contributed by atoms with van der Waals surface area (Å²) >= 11 is 0. The Kier molecular flexibility index (Phi) is 12.5. The van der Waals surface area contributed by atoms with Gasteiger partial charge in [-0.3, -0.25) is 4.55 Å². The first-order valence-corrected chi connectivity index (χ1v) is 9.71. The third kappa shape index (κ3) is 17.9. The predicted molar refractivity (Wildman–Crippen MR) is 85.7 cm³/mol. The quantitative estimate of drug-likeness (QED) is 0.379. The standard InChI is InChI=1S/C15H33NO3S/c1-15(2)16-13-11-9-7-5-3-4-6-8-10-12-14-20(17,18)19/h15-16H,3-14H2,1-2H3,(H,17,18,19). The third-order valence-electron chi connectivity index (χ3n) is 3.38. The summed E-state index contributed by atoms with van der Waals surface area (Å²) in [5.41, 5.74) is 0. The molecule has 0 aromatic heterocycles. The van der Waals surface area contributed by atoms with E-state index in [1.54, 1.807) is 0 Å². The fourth-order valence-corrected chi connectivity index (χ4v) is 2.78. The molecule has 0 heterocycles. The number of rotatable bonds is 14. The van der Waals surface area contributed by atoms with E-state index >= 15 is 0 Å². The molecule has 0 bridgehead atoms. The minimum atomic E-state index is -3.75. The summed E-state index contributed by atoms with van der Waals surface area (Å²) in [6.07, 6.45) is 11.5. The molecule has 20 heavy (non-hydrogen) atoms. The van der Waals surface area contributed by atoms with Crippen molar-refractivity contribution in [2.75, 3.05) is 12.3 Å². The van der Waals surface area contributed by atoms with Crippen molar-refractivity contribution in [2.45, 2.75) is 84.1 Å². The summed E-state index contributed by atoms with van der Waals surface area (Å²) in [4.78, 5) is 0. The number of nitrogens with one attached hydrogen (secondary N) is 1. The largest absolute Gasteiger partial charge is 0.315 e. The van der Waals surface area contributed by atoms with Crippen molar-refractivity contribution in [2.24, 2.45) is 0 Å². The van der Waals surface area contributed by atoms with Gasteiger partial charge in [-0.05, 0) is 19.4 Å². The first-order valence-electron chi connectivity index (χ1n) is 8.10. The Labute approximate surface area is 125 Å². The van der Waals surface area contributed by atoms with Crippen LogP contribution in [0.2, 0.25) is 0 Å². The molecule has 0 unspecified atom stereocenters. The maximum atomic E-state index is 10.5. The lowest BCUT2D eigenvalue weighted by Gasteiger charge is -2.07. The zero-order chi connectivity index (χ0) is 15.3. The van der Waals surface area contributed by atoms with E-state index in [9.17, 15) is 8.42 Å². The van der Waals surface area contributed by atoms with Crippen molar-refractivity contribution in [3.63, 3.8) is 0 Å². The predicted octanol–water partition coefficient (Wildman–Crippen LogP) is 3.77. The lowest BCUT2D eigenvalue weighted by Crippen LogP contribution is -2.23. The smallest absolute Gasteiger partial charge is 0.264 e. The molecule has 0 aliphatic heterocycles. The minimum Gasteiger partial charge on any atom is -0.315 e. The molecule has 122 valence electrons. The monoisotopic (exact) mass is 307 g/mol. The van der Waals surface area contributed by atoms with Gasteiger partial charge < -0.3 is 5.32 Å². The van der Waals surface area contributed by atoms with Crippen LogP contribution in [0.4, 0.5) is 0 Å². The van der Waals surface area contributed by atoms with Gasteiger partial charge in [-0.15, -0.1) is 0 Å². The molecular formula is C15H33NO3S. The summed E-state index contributed by atoms with van der Waals surface area (Å²) in [6.45, 7) is 5.48. The normalized spacial score (nSPS) is 12.2. The summed E-state index contributed by atoms with van der Waals surface area (Å²) in [6, 6.07) is 0.593. The molecule has 0 saturated carbocycles. The van der Waals surface area contributed by atoms with Crippen LogP contribution in [0.3, 0.4) is 0 Å². The molecule has 0 spiro atoms. The SMILES string of the molecule is CC(C)NCCCCCCCCCCCCS(=O)(=O)O. The third-order valence-corrected chi connectivity index (χ3v) is 4.19. The van der Waals surface area contributed by atoms with Gasteiger partial charge in [-0.1, -0.05) is 65.2 Å². The fourth-order valence-electron chi connectivity index (χ4n) is 2.21. The van der Waals surface area contributed by atoms with Gasteiger partial charge in [0.25, 0.3) is 10.1 Å². The van der Waals surface area contributed by atoms with Crippen molar-refractivity contribution in [1.29, 1.82) is 0 Å². The van der Waals surface area contributed by atoms with Crippen LogP contribution in [0.5, 0.6) is 0 Å². The summed E-state index contributed by atoms with van der Waals surface area (Å²) in [7, 11) is -3.75. The van der Waals surface area contributed by atoms with Crippen LogP contribution in [0, 0.1) is 0 Å². The van der Waals surface area contributed by atoms with Crippen molar-refractivity contribution in [3.8, 4) is 0 Å². The Morgan fingerprint density at radius 2 is 1.20 bits per heavy atom. The molecule has 0 rings (SSSR count). The highest BCUT2D eigenvalue weighted by atomic mass is 32.2. The molecule has 5 heteroatoms. The van der Waals surface area contributed by atoms with E-state index < -0.39 is 10.1 Å². The van der Waals surface area contributed by atoms with Crippen LogP contribution in [0.25, 0.3) is 0 Å². The number of hydrogen-bond donors (Lipinski definition) is 2. The van der Waals surface area contributed by atoms with Crippen LogP contribution < -0.4 is 5.32 Å². The molecule has 0 amide bonds. The zero-order valence-corrected chi connectivity index (χ0v) is 14.1. The minimum absolute atomic E-state index is 0.0859. The number of unbranched alkanes of at least 4 members (excludes halogenated alkanes) is 9. The van der Waals surface area contributed by atoms with Crippen LogP contribution >= 0.6 is 0 Å². The van der Waals surface area contributed by atoms with E-state index in [4.69, 9.17) is 4.55 Å².